The van der Waals surface area contributed by atoms with Crippen LogP contribution < -0.4 is 34.7 Å². The molecule has 0 saturated heterocycles. The quantitative estimate of drug-likeness (QED) is 0.147. The molecule has 0 amide bonds. The SMILES string of the molecule is CCCCCCCCC=CCCCCCCCCOC(=O)CCC(=O)[O-].[Na+]. The smallest absolute Gasteiger partial charge is 0.550 e. The molecule has 4 nitrogen and oxygen atoms in total. The van der Waals surface area contributed by atoms with Crippen LogP contribution in [0.5, 0.6) is 0 Å². The van der Waals surface area contributed by atoms with E-state index in [2.05, 4.69) is 19.1 Å². The number of ether oxygens (including phenoxy) is 1. The third kappa shape index (κ3) is 25.7. The molecule has 0 heterocycles. The van der Waals surface area contributed by atoms with Crippen molar-refractivity contribution >= 4 is 11.9 Å². The molecule has 0 aliphatic heterocycles. The van der Waals surface area contributed by atoms with Gasteiger partial charge in [-0.25, -0.2) is 0 Å². The van der Waals surface area contributed by atoms with Crippen LogP contribution in [0.15, 0.2) is 12.2 Å². The van der Waals surface area contributed by atoms with Gasteiger partial charge in [0.15, 0.2) is 0 Å². The van der Waals surface area contributed by atoms with E-state index in [1.165, 1.54) is 70.6 Å². The Kier molecular flexibility index (Phi) is 25.4. The summed E-state index contributed by atoms with van der Waals surface area (Å²) in [7, 11) is 0. The van der Waals surface area contributed by atoms with E-state index in [0.717, 1.165) is 19.3 Å². The van der Waals surface area contributed by atoms with Crippen LogP contribution in [-0.4, -0.2) is 18.5 Å². The average molecular weight is 391 g/mol. The molecular weight excluding hydrogens is 351 g/mol. The zero-order valence-corrected chi connectivity index (χ0v) is 19.8. The first-order valence-electron chi connectivity index (χ1n) is 10.7. The number of hydrogen-bond acceptors (Lipinski definition) is 4. The predicted octanol–water partition coefficient (Wildman–Crippen LogP) is 2.10. The second-order valence-corrected chi connectivity index (χ2v) is 7.03. The molecule has 0 aromatic carbocycles. The molecular formula is C22H39NaO4. The van der Waals surface area contributed by atoms with E-state index < -0.39 is 11.9 Å². The summed E-state index contributed by atoms with van der Waals surface area (Å²) in [5.74, 6) is -1.65. The van der Waals surface area contributed by atoms with Gasteiger partial charge in [0.05, 0.1) is 13.0 Å². The van der Waals surface area contributed by atoms with Crippen LogP contribution in [0.3, 0.4) is 0 Å². The van der Waals surface area contributed by atoms with Crippen molar-refractivity contribution in [2.45, 2.75) is 110 Å². The average Bonchev–Trinajstić information content (AvgIpc) is 2.62. The fraction of sp³-hybridized carbons (Fsp3) is 0.818. The molecule has 0 unspecified atom stereocenters. The second kappa shape index (κ2) is 23.7. The van der Waals surface area contributed by atoms with Gasteiger partial charge in [-0.15, -0.1) is 0 Å². The third-order valence-corrected chi connectivity index (χ3v) is 4.45. The monoisotopic (exact) mass is 390 g/mol. The van der Waals surface area contributed by atoms with Gasteiger partial charge in [-0.1, -0.05) is 76.9 Å². The molecule has 27 heavy (non-hydrogen) atoms. The molecule has 0 spiro atoms. The number of allylic oxidation sites excluding steroid dienone is 2. The molecule has 0 aromatic heterocycles. The Balaban J connectivity index is 0. The Morgan fingerprint density at radius 1 is 0.741 bits per heavy atom. The van der Waals surface area contributed by atoms with Gasteiger partial charge in [0.1, 0.15) is 0 Å². The van der Waals surface area contributed by atoms with Gasteiger partial charge >= 0.3 is 35.5 Å². The Labute approximate surface area is 188 Å². The van der Waals surface area contributed by atoms with E-state index in [4.69, 9.17) is 4.74 Å². The Morgan fingerprint density at radius 2 is 1.22 bits per heavy atom. The Morgan fingerprint density at radius 3 is 1.74 bits per heavy atom. The van der Waals surface area contributed by atoms with Gasteiger partial charge in [0, 0.05) is 5.97 Å². The summed E-state index contributed by atoms with van der Waals surface area (Å²) in [6.07, 6.45) is 21.7. The molecule has 0 aliphatic carbocycles. The second-order valence-electron chi connectivity index (χ2n) is 7.03. The molecule has 152 valence electrons. The van der Waals surface area contributed by atoms with Crippen LogP contribution in [0.4, 0.5) is 0 Å². The summed E-state index contributed by atoms with van der Waals surface area (Å²) < 4.78 is 4.97. The minimum Gasteiger partial charge on any atom is -0.550 e. The number of rotatable bonds is 19. The first-order chi connectivity index (χ1) is 12.7. The van der Waals surface area contributed by atoms with Crippen molar-refractivity contribution in [3.05, 3.63) is 12.2 Å². The number of carbonyl (C=O) groups excluding carboxylic acids is 2. The predicted molar refractivity (Wildman–Crippen MR) is 105 cm³/mol. The van der Waals surface area contributed by atoms with Crippen LogP contribution in [0.25, 0.3) is 0 Å². The summed E-state index contributed by atoms with van der Waals surface area (Å²) in [6.45, 7) is 2.65. The Hall–Kier alpha value is -0.320. The summed E-state index contributed by atoms with van der Waals surface area (Å²) >= 11 is 0. The standard InChI is InChI=1S/C22H40O4.Na/c1-2-3-4-5-6-7-8-9-10-11-12-13-14-15-16-17-20-26-22(25)19-18-21(23)24;/h9-10H,2-8,11-20H2,1H3,(H,23,24);/q;+1/p-1. The number of hydrogen-bond donors (Lipinski definition) is 0. The van der Waals surface area contributed by atoms with Crippen LogP contribution in [0.1, 0.15) is 110 Å². The topological polar surface area (TPSA) is 66.4 Å². The van der Waals surface area contributed by atoms with Crippen LogP contribution in [-0.2, 0) is 14.3 Å². The van der Waals surface area contributed by atoms with Gasteiger partial charge in [0.25, 0.3) is 0 Å². The van der Waals surface area contributed by atoms with E-state index in [9.17, 15) is 14.7 Å². The number of carboxylic acid groups (broad SMARTS) is 1. The van der Waals surface area contributed by atoms with E-state index in [-0.39, 0.29) is 42.4 Å². The number of aliphatic carboxylic acids is 1. The van der Waals surface area contributed by atoms with Crippen molar-refractivity contribution < 1.29 is 49.0 Å². The van der Waals surface area contributed by atoms with Gasteiger partial charge in [-0.2, -0.15) is 0 Å². The van der Waals surface area contributed by atoms with Crippen molar-refractivity contribution in [3.8, 4) is 0 Å². The zero-order valence-electron chi connectivity index (χ0n) is 17.8. The van der Waals surface area contributed by atoms with E-state index >= 15 is 0 Å². The molecule has 0 radical (unpaired) electrons. The van der Waals surface area contributed by atoms with E-state index in [1.54, 1.807) is 0 Å². The first-order valence-corrected chi connectivity index (χ1v) is 10.7. The molecule has 5 heteroatoms. The molecule has 0 saturated carbocycles. The largest absolute Gasteiger partial charge is 1.00 e. The normalized spacial score (nSPS) is 10.7. The van der Waals surface area contributed by atoms with Crippen LogP contribution in [0, 0.1) is 0 Å². The minimum absolute atomic E-state index is 0. The molecule has 0 atom stereocenters. The fourth-order valence-corrected chi connectivity index (χ4v) is 2.81. The molecule has 0 fully saturated rings. The van der Waals surface area contributed by atoms with Crippen molar-refractivity contribution in [2.75, 3.05) is 6.61 Å². The van der Waals surface area contributed by atoms with Crippen molar-refractivity contribution in [1.29, 1.82) is 0 Å². The molecule has 0 aliphatic rings. The summed E-state index contributed by atoms with van der Waals surface area (Å²) in [5.41, 5.74) is 0. The van der Waals surface area contributed by atoms with E-state index in [1.807, 2.05) is 0 Å². The molecule has 0 aromatic rings. The fourth-order valence-electron chi connectivity index (χ4n) is 2.81. The number of esters is 1. The van der Waals surface area contributed by atoms with Crippen molar-refractivity contribution in [2.24, 2.45) is 0 Å². The summed E-state index contributed by atoms with van der Waals surface area (Å²) in [4.78, 5) is 21.4. The van der Waals surface area contributed by atoms with Crippen molar-refractivity contribution in [1.82, 2.24) is 0 Å². The van der Waals surface area contributed by atoms with Crippen LogP contribution in [0.2, 0.25) is 0 Å². The van der Waals surface area contributed by atoms with Gasteiger partial charge < -0.3 is 14.6 Å². The first kappa shape index (κ1) is 28.9. The van der Waals surface area contributed by atoms with Crippen molar-refractivity contribution in [3.63, 3.8) is 0 Å². The molecule has 0 N–H and O–H groups in total. The Bertz CT molecular complexity index is 369. The third-order valence-electron chi connectivity index (χ3n) is 4.45. The van der Waals surface area contributed by atoms with E-state index in [0.29, 0.717) is 6.61 Å². The maximum Gasteiger partial charge on any atom is 1.00 e. The van der Waals surface area contributed by atoms with Gasteiger partial charge in [-0.3, -0.25) is 4.79 Å². The van der Waals surface area contributed by atoms with Gasteiger partial charge in [0.2, 0.25) is 0 Å². The summed E-state index contributed by atoms with van der Waals surface area (Å²) in [5, 5.41) is 10.2. The molecule has 0 bridgehead atoms. The minimum atomic E-state index is -1.21. The maximum atomic E-state index is 11.2. The molecule has 0 rings (SSSR count). The number of carbonyl (C=O) groups is 2. The van der Waals surface area contributed by atoms with Gasteiger partial charge in [-0.05, 0) is 38.5 Å². The zero-order chi connectivity index (χ0) is 19.3. The number of unbranched alkanes of at least 4 members (excludes halogenated alkanes) is 12. The maximum absolute atomic E-state index is 11.2. The van der Waals surface area contributed by atoms with Crippen LogP contribution >= 0.6 is 0 Å². The summed E-state index contributed by atoms with van der Waals surface area (Å²) in [6, 6.07) is 0. The number of carboxylic acids is 1.